The van der Waals surface area contributed by atoms with E-state index in [1.807, 2.05) is 12.1 Å². The highest BCUT2D eigenvalue weighted by Crippen LogP contribution is 2.35. The Hall–Kier alpha value is -2.79. The summed E-state index contributed by atoms with van der Waals surface area (Å²) in [7, 11) is 0. The van der Waals surface area contributed by atoms with Gasteiger partial charge in [-0.25, -0.2) is 4.79 Å². The van der Waals surface area contributed by atoms with Crippen molar-refractivity contribution in [2.45, 2.75) is 26.4 Å². The minimum atomic E-state index is -0.577. The molecule has 0 aliphatic carbocycles. The molecule has 0 N–H and O–H groups in total. The summed E-state index contributed by atoms with van der Waals surface area (Å²) < 4.78 is 16.3. The summed E-state index contributed by atoms with van der Waals surface area (Å²) in [5.74, 6) is 0.261. The molecule has 0 fully saturated rings. The molecule has 0 radical (unpaired) electrons. The van der Waals surface area contributed by atoms with Crippen molar-refractivity contribution < 1.29 is 23.8 Å². The van der Waals surface area contributed by atoms with E-state index in [-0.39, 0.29) is 18.1 Å². The Morgan fingerprint density at radius 2 is 1.93 bits per heavy atom. The molecule has 3 rings (SSSR count). The van der Waals surface area contributed by atoms with Gasteiger partial charge in [-0.15, -0.1) is 0 Å². The number of hydrogen-bond donors (Lipinski definition) is 0. The first-order valence-corrected chi connectivity index (χ1v) is 8.78. The van der Waals surface area contributed by atoms with Gasteiger partial charge >= 0.3 is 5.97 Å². The van der Waals surface area contributed by atoms with Crippen LogP contribution in [0, 0.1) is 0 Å². The highest BCUT2D eigenvalue weighted by Gasteiger charge is 2.28. The molecule has 1 aliphatic rings. The first-order valence-electron chi connectivity index (χ1n) is 8.40. The number of Topliss-reactive ketones (excluding diaryl/α,β-unsaturated/α-hetero) is 1. The number of ether oxygens (including phenoxy) is 3. The van der Waals surface area contributed by atoms with E-state index < -0.39 is 11.6 Å². The largest absolute Gasteiger partial charge is 0.482 e. The Morgan fingerprint density at radius 3 is 2.63 bits per heavy atom. The lowest BCUT2D eigenvalue weighted by Gasteiger charge is -2.19. The zero-order chi connectivity index (χ0) is 19.6. The van der Waals surface area contributed by atoms with Gasteiger partial charge in [0.15, 0.2) is 12.4 Å². The minimum Gasteiger partial charge on any atom is -0.482 e. The lowest BCUT2D eigenvalue weighted by atomic mass is 10.1. The maximum Gasteiger partial charge on any atom is 0.344 e. The van der Waals surface area contributed by atoms with Crippen LogP contribution in [-0.4, -0.2) is 24.0 Å². The van der Waals surface area contributed by atoms with Crippen LogP contribution in [0.25, 0.3) is 6.08 Å². The smallest absolute Gasteiger partial charge is 0.344 e. The zero-order valence-corrected chi connectivity index (χ0v) is 16.0. The van der Waals surface area contributed by atoms with Crippen LogP contribution in [0.2, 0.25) is 5.02 Å². The predicted octanol–water partition coefficient (Wildman–Crippen LogP) is 4.68. The number of allylic oxidation sites excluding steroid dienone is 1. The Labute approximate surface area is 162 Å². The fraction of sp³-hybridized carbons (Fsp3) is 0.238. The maximum atomic E-state index is 12.5. The number of carbonyl (C=O) groups is 2. The average molecular weight is 387 g/mol. The van der Waals surface area contributed by atoms with Crippen LogP contribution in [0.1, 0.15) is 36.7 Å². The maximum absolute atomic E-state index is 12.5. The number of ketones is 1. The second kappa shape index (κ2) is 7.45. The summed E-state index contributed by atoms with van der Waals surface area (Å²) in [5.41, 5.74) is 0.543. The first kappa shape index (κ1) is 19.0. The van der Waals surface area contributed by atoms with Crippen LogP contribution in [0.3, 0.4) is 0 Å². The molecule has 0 saturated carbocycles. The number of halogens is 1. The van der Waals surface area contributed by atoms with E-state index in [2.05, 4.69) is 0 Å². The van der Waals surface area contributed by atoms with E-state index in [4.69, 9.17) is 25.8 Å². The summed E-state index contributed by atoms with van der Waals surface area (Å²) in [4.78, 5) is 24.2. The van der Waals surface area contributed by atoms with Crippen molar-refractivity contribution in [2.75, 3.05) is 6.61 Å². The van der Waals surface area contributed by atoms with Crippen molar-refractivity contribution in [3.8, 4) is 11.5 Å². The molecule has 5 nitrogen and oxygen atoms in total. The summed E-state index contributed by atoms with van der Waals surface area (Å²) in [5, 5.41) is 0.527. The summed E-state index contributed by atoms with van der Waals surface area (Å²) in [6, 6.07) is 12.0. The Morgan fingerprint density at radius 1 is 1.19 bits per heavy atom. The van der Waals surface area contributed by atoms with Gasteiger partial charge in [0.2, 0.25) is 5.78 Å². The molecular formula is C21H19ClO5. The monoisotopic (exact) mass is 386 g/mol. The molecule has 0 aromatic heterocycles. The van der Waals surface area contributed by atoms with Crippen LogP contribution in [0.5, 0.6) is 11.5 Å². The molecule has 0 spiro atoms. The van der Waals surface area contributed by atoms with Crippen molar-refractivity contribution in [3.05, 3.63) is 64.4 Å². The third-order valence-electron chi connectivity index (χ3n) is 3.61. The molecule has 1 heterocycles. The molecule has 2 aromatic carbocycles. The number of carbonyl (C=O) groups excluding carboxylic acids is 2. The third kappa shape index (κ3) is 4.68. The highest BCUT2D eigenvalue weighted by molar-refractivity contribution is 6.32. The lowest BCUT2D eigenvalue weighted by Crippen LogP contribution is -2.27. The van der Waals surface area contributed by atoms with Gasteiger partial charge in [0, 0.05) is 11.1 Å². The van der Waals surface area contributed by atoms with Gasteiger partial charge in [0.05, 0.1) is 5.56 Å². The topological polar surface area (TPSA) is 61.8 Å². The van der Waals surface area contributed by atoms with E-state index >= 15 is 0 Å². The zero-order valence-electron chi connectivity index (χ0n) is 15.2. The molecule has 2 aromatic rings. The molecule has 140 valence electrons. The standard InChI is InChI=1S/C21H19ClO5/c1-21(2,3)27-19(23)12-25-14-8-9-15-17(11-14)26-18(20(15)24)10-13-6-4-5-7-16(13)22/h4-11H,12H2,1-3H3/b18-10-. The molecule has 0 saturated heterocycles. The quantitative estimate of drug-likeness (QED) is 0.564. The van der Waals surface area contributed by atoms with E-state index in [0.717, 1.165) is 0 Å². The molecule has 0 atom stereocenters. The van der Waals surface area contributed by atoms with Gasteiger partial charge in [-0.2, -0.15) is 0 Å². The molecule has 6 heteroatoms. The van der Waals surface area contributed by atoms with E-state index in [1.54, 1.807) is 57.2 Å². The lowest BCUT2D eigenvalue weighted by molar-refractivity contribution is -0.157. The SMILES string of the molecule is CC(C)(C)OC(=O)COc1ccc2c(c1)O/C(=C\c1ccccc1Cl)C2=O. The number of benzene rings is 2. The molecular weight excluding hydrogens is 368 g/mol. The number of rotatable bonds is 4. The normalized spacial score (nSPS) is 14.7. The Kier molecular flexibility index (Phi) is 5.24. The van der Waals surface area contributed by atoms with Crippen molar-refractivity contribution in [3.63, 3.8) is 0 Å². The van der Waals surface area contributed by atoms with E-state index in [1.165, 1.54) is 0 Å². The highest BCUT2D eigenvalue weighted by atomic mass is 35.5. The second-order valence-electron chi connectivity index (χ2n) is 6.99. The minimum absolute atomic E-state index is 0.183. The number of esters is 1. The van der Waals surface area contributed by atoms with Gasteiger partial charge in [-0.3, -0.25) is 4.79 Å². The van der Waals surface area contributed by atoms with Gasteiger partial charge in [0.1, 0.15) is 17.1 Å². The average Bonchev–Trinajstić information content (AvgIpc) is 2.89. The van der Waals surface area contributed by atoms with E-state index in [0.29, 0.717) is 27.6 Å². The van der Waals surface area contributed by atoms with Crippen molar-refractivity contribution in [1.82, 2.24) is 0 Å². The van der Waals surface area contributed by atoms with Crippen molar-refractivity contribution in [1.29, 1.82) is 0 Å². The fourth-order valence-electron chi connectivity index (χ4n) is 2.50. The molecule has 0 bridgehead atoms. The summed E-state index contributed by atoms with van der Waals surface area (Å²) >= 11 is 6.13. The van der Waals surface area contributed by atoms with Crippen LogP contribution in [0.4, 0.5) is 0 Å². The van der Waals surface area contributed by atoms with Gasteiger partial charge in [-0.05, 0) is 50.6 Å². The molecule has 27 heavy (non-hydrogen) atoms. The van der Waals surface area contributed by atoms with Crippen LogP contribution >= 0.6 is 11.6 Å². The number of hydrogen-bond acceptors (Lipinski definition) is 5. The predicted molar refractivity (Wildman–Crippen MR) is 102 cm³/mol. The van der Waals surface area contributed by atoms with E-state index in [9.17, 15) is 9.59 Å². The van der Waals surface area contributed by atoms with Crippen LogP contribution < -0.4 is 9.47 Å². The Balaban J connectivity index is 1.72. The van der Waals surface area contributed by atoms with Crippen LogP contribution in [0.15, 0.2) is 48.2 Å². The Bertz CT molecular complexity index is 924. The summed E-state index contributed by atoms with van der Waals surface area (Å²) in [6.45, 7) is 5.12. The second-order valence-corrected chi connectivity index (χ2v) is 7.40. The van der Waals surface area contributed by atoms with Crippen LogP contribution in [-0.2, 0) is 9.53 Å². The molecule has 0 unspecified atom stereocenters. The molecule has 1 aliphatic heterocycles. The van der Waals surface area contributed by atoms with Crippen molar-refractivity contribution >= 4 is 29.4 Å². The van der Waals surface area contributed by atoms with Gasteiger partial charge < -0.3 is 14.2 Å². The van der Waals surface area contributed by atoms with Crippen molar-refractivity contribution in [2.24, 2.45) is 0 Å². The van der Waals surface area contributed by atoms with Gasteiger partial charge in [-0.1, -0.05) is 29.8 Å². The molecule has 0 amide bonds. The first-order chi connectivity index (χ1) is 12.7. The number of fused-ring (bicyclic) bond motifs is 1. The third-order valence-corrected chi connectivity index (χ3v) is 3.95. The van der Waals surface area contributed by atoms with Gasteiger partial charge in [0.25, 0.3) is 0 Å². The summed E-state index contributed by atoms with van der Waals surface area (Å²) in [6.07, 6.45) is 1.60. The fourth-order valence-corrected chi connectivity index (χ4v) is 2.69.